The second-order valence-corrected chi connectivity index (χ2v) is 4.19. The van der Waals surface area contributed by atoms with E-state index >= 15 is 0 Å². The second-order valence-electron chi connectivity index (χ2n) is 3.28. The van der Waals surface area contributed by atoms with E-state index in [-0.39, 0.29) is 11.8 Å². The molecule has 2 N–H and O–H groups in total. The largest absolute Gasteiger partial charge is 0.309 e. The van der Waals surface area contributed by atoms with E-state index in [1.54, 1.807) is 11.8 Å². The number of aromatic nitrogens is 2. The lowest BCUT2D eigenvalue weighted by atomic mass is 10.2. The molecule has 14 heavy (non-hydrogen) atoms. The molecule has 5 heteroatoms. The van der Waals surface area contributed by atoms with Crippen molar-refractivity contribution in [1.29, 1.82) is 0 Å². The summed E-state index contributed by atoms with van der Waals surface area (Å²) >= 11 is 1.66. The highest BCUT2D eigenvalue weighted by atomic mass is 32.2. The number of carbonyl (C=O) groups is 1. The van der Waals surface area contributed by atoms with Crippen molar-refractivity contribution in [3.05, 3.63) is 11.8 Å². The summed E-state index contributed by atoms with van der Waals surface area (Å²) in [5, 5.41) is 9.46. The molecule has 1 atom stereocenters. The molecule has 0 fully saturated rings. The third kappa shape index (κ3) is 3.06. The van der Waals surface area contributed by atoms with Gasteiger partial charge < -0.3 is 5.32 Å². The minimum absolute atomic E-state index is 0.0157. The lowest BCUT2D eigenvalue weighted by Gasteiger charge is -2.08. The minimum atomic E-state index is 0.0157. The van der Waals surface area contributed by atoms with E-state index in [4.69, 9.17) is 0 Å². The Kier molecular flexibility index (Phi) is 4.00. The number of hydrogen-bond acceptors (Lipinski definition) is 3. The second kappa shape index (κ2) is 5.05. The zero-order valence-electron chi connectivity index (χ0n) is 8.63. The number of aromatic amines is 1. The number of anilines is 1. The Balaban J connectivity index is 2.48. The number of amides is 1. The molecule has 0 radical (unpaired) electrons. The SMILES string of the molecule is CSCC(C)C(=O)Nc1cc(C)[nH]n1. The minimum Gasteiger partial charge on any atom is -0.309 e. The van der Waals surface area contributed by atoms with Crippen LogP contribution in [-0.4, -0.2) is 28.1 Å². The third-order valence-electron chi connectivity index (χ3n) is 1.82. The van der Waals surface area contributed by atoms with Gasteiger partial charge in [0.05, 0.1) is 0 Å². The van der Waals surface area contributed by atoms with E-state index in [1.807, 2.05) is 26.2 Å². The van der Waals surface area contributed by atoms with Crippen LogP contribution in [0.4, 0.5) is 5.82 Å². The smallest absolute Gasteiger partial charge is 0.229 e. The highest BCUT2D eigenvalue weighted by Crippen LogP contribution is 2.09. The van der Waals surface area contributed by atoms with Gasteiger partial charge in [-0.2, -0.15) is 16.9 Å². The number of nitrogens with one attached hydrogen (secondary N) is 2. The number of aryl methyl sites for hydroxylation is 1. The van der Waals surface area contributed by atoms with Crippen molar-refractivity contribution >= 4 is 23.5 Å². The molecule has 78 valence electrons. The van der Waals surface area contributed by atoms with Crippen molar-refractivity contribution in [3.63, 3.8) is 0 Å². The van der Waals surface area contributed by atoms with E-state index in [2.05, 4.69) is 15.5 Å². The Morgan fingerprint density at radius 2 is 2.50 bits per heavy atom. The van der Waals surface area contributed by atoms with Gasteiger partial charge in [-0.25, -0.2) is 0 Å². The number of H-pyrrole nitrogens is 1. The molecule has 0 bridgehead atoms. The molecule has 0 spiro atoms. The molecular weight excluding hydrogens is 198 g/mol. The van der Waals surface area contributed by atoms with Crippen LogP contribution in [0.1, 0.15) is 12.6 Å². The van der Waals surface area contributed by atoms with Crippen molar-refractivity contribution in [1.82, 2.24) is 10.2 Å². The van der Waals surface area contributed by atoms with Crippen molar-refractivity contribution in [2.24, 2.45) is 5.92 Å². The van der Waals surface area contributed by atoms with Gasteiger partial charge in [0.15, 0.2) is 5.82 Å². The van der Waals surface area contributed by atoms with Crippen LogP contribution in [-0.2, 0) is 4.79 Å². The Bertz CT molecular complexity index is 311. The summed E-state index contributed by atoms with van der Waals surface area (Å²) in [6, 6.07) is 1.81. The number of nitrogens with zero attached hydrogens (tertiary/aromatic N) is 1. The zero-order valence-corrected chi connectivity index (χ0v) is 9.44. The van der Waals surface area contributed by atoms with Gasteiger partial charge >= 0.3 is 0 Å². The van der Waals surface area contributed by atoms with Gasteiger partial charge in [0, 0.05) is 23.4 Å². The summed E-state index contributed by atoms with van der Waals surface area (Å²) < 4.78 is 0. The molecule has 1 rings (SSSR count). The summed E-state index contributed by atoms with van der Waals surface area (Å²) in [4.78, 5) is 11.5. The maximum Gasteiger partial charge on any atom is 0.229 e. The fraction of sp³-hybridized carbons (Fsp3) is 0.556. The first-order valence-electron chi connectivity index (χ1n) is 4.45. The van der Waals surface area contributed by atoms with Gasteiger partial charge in [-0.1, -0.05) is 6.92 Å². The fourth-order valence-corrected chi connectivity index (χ4v) is 1.71. The molecule has 1 heterocycles. The predicted molar refractivity (Wildman–Crippen MR) is 59.5 cm³/mol. The molecule has 0 aliphatic rings. The lowest BCUT2D eigenvalue weighted by molar-refractivity contribution is -0.118. The van der Waals surface area contributed by atoms with Crippen LogP contribution in [0.25, 0.3) is 0 Å². The molecule has 0 saturated carbocycles. The summed E-state index contributed by atoms with van der Waals surface area (Å²) in [6.45, 7) is 3.80. The lowest BCUT2D eigenvalue weighted by Crippen LogP contribution is -2.22. The van der Waals surface area contributed by atoms with Crippen LogP contribution < -0.4 is 5.32 Å². The fourth-order valence-electron chi connectivity index (χ4n) is 1.06. The quantitative estimate of drug-likeness (QED) is 0.799. The molecule has 0 aliphatic heterocycles. The molecule has 0 aliphatic carbocycles. The topological polar surface area (TPSA) is 57.8 Å². The maximum absolute atomic E-state index is 11.5. The van der Waals surface area contributed by atoms with Crippen LogP contribution >= 0.6 is 11.8 Å². The predicted octanol–water partition coefficient (Wildman–Crippen LogP) is 1.66. The summed E-state index contributed by atoms with van der Waals surface area (Å²) in [6.07, 6.45) is 1.99. The Labute approximate surface area is 87.9 Å². The standard InChI is InChI=1S/C9H15N3OS/c1-6(5-14-3)9(13)10-8-4-7(2)11-12-8/h4,6H,5H2,1-3H3,(H2,10,11,12,13). The highest BCUT2D eigenvalue weighted by molar-refractivity contribution is 7.98. The van der Waals surface area contributed by atoms with Gasteiger partial charge in [0.25, 0.3) is 0 Å². The number of rotatable bonds is 4. The molecule has 1 aromatic rings. The average molecular weight is 213 g/mol. The molecule has 1 amide bonds. The van der Waals surface area contributed by atoms with E-state index < -0.39 is 0 Å². The van der Waals surface area contributed by atoms with E-state index in [1.165, 1.54) is 0 Å². The van der Waals surface area contributed by atoms with Crippen LogP contribution in [0.15, 0.2) is 6.07 Å². The Hall–Kier alpha value is -0.970. The van der Waals surface area contributed by atoms with Gasteiger partial charge in [0.2, 0.25) is 5.91 Å². The number of hydrogen-bond donors (Lipinski definition) is 2. The van der Waals surface area contributed by atoms with Gasteiger partial charge in [-0.3, -0.25) is 9.89 Å². The summed E-state index contributed by atoms with van der Waals surface area (Å²) in [5.41, 5.74) is 0.942. The van der Waals surface area contributed by atoms with Crippen molar-refractivity contribution in [3.8, 4) is 0 Å². The first-order chi connectivity index (χ1) is 6.63. The maximum atomic E-state index is 11.5. The summed E-state index contributed by atoms with van der Waals surface area (Å²) in [7, 11) is 0. The number of carbonyl (C=O) groups excluding carboxylic acids is 1. The molecule has 1 unspecified atom stereocenters. The van der Waals surface area contributed by atoms with Crippen LogP contribution in [0, 0.1) is 12.8 Å². The highest BCUT2D eigenvalue weighted by Gasteiger charge is 2.12. The average Bonchev–Trinajstić information content (AvgIpc) is 2.51. The zero-order chi connectivity index (χ0) is 10.6. The monoisotopic (exact) mass is 213 g/mol. The summed E-state index contributed by atoms with van der Waals surface area (Å²) in [5.74, 6) is 1.46. The van der Waals surface area contributed by atoms with Crippen molar-refractivity contribution in [2.45, 2.75) is 13.8 Å². The molecule has 4 nitrogen and oxygen atoms in total. The Morgan fingerprint density at radius 3 is 3.00 bits per heavy atom. The van der Waals surface area contributed by atoms with Crippen molar-refractivity contribution < 1.29 is 4.79 Å². The molecular formula is C9H15N3OS. The van der Waals surface area contributed by atoms with E-state index in [9.17, 15) is 4.79 Å². The van der Waals surface area contributed by atoms with Crippen molar-refractivity contribution in [2.75, 3.05) is 17.3 Å². The first-order valence-corrected chi connectivity index (χ1v) is 5.84. The van der Waals surface area contributed by atoms with Crippen LogP contribution in [0.2, 0.25) is 0 Å². The van der Waals surface area contributed by atoms with Gasteiger partial charge in [-0.15, -0.1) is 0 Å². The van der Waals surface area contributed by atoms with E-state index in [0.717, 1.165) is 11.4 Å². The van der Waals surface area contributed by atoms with Gasteiger partial charge in [0.1, 0.15) is 0 Å². The first kappa shape index (κ1) is 11.1. The third-order valence-corrected chi connectivity index (χ3v) is 2.65. The molecule has 0 saturated heterocycles. The Morgan fingerprint density at radius 1 is 1.79 bits per heavy atom. The molecule has 1 aromatic heterocycles. The molecule has 0 aromatic carbocycles. The van der Waals surface area contributed by atoms with Crippen LogP contribution in [0.3, 0.4) is 0 Å². The normalized spacial score (nSPS) is 12.5. The van der Waals surface area contributed by atoms with E-state index in [0.29, 0.717) is 5.82 Å². The number of thioether (sulfide) groups is 1. The van der Waals surface area contributed by atoms with Crippen LogP contribution in [0.5, 0.6) is 0 Å². The van der Waals surface area contributed by atoms with Gasteiger partial charge in [-0.05, 0) is 13.2 Å².